The van der Waals surface area contributed by atoms with Gasteiger partial charge in [0.2, 0.25) is 0 Å². The molecule has 0 heterocycles. The van der Waals surface area contributed by atoms with E-state index >= 15 is 0 Å². The smallest absolute Gasteiger partial charge is 0.296 e. The van der Waals surface area contributed by atoms with Gasteiger partial charge in [-0.05, 0) is 83.6 Å². The zero-order chi connectivity index (χ0) is 60.1. The zero-order valence-corrected chi connectivity index (χ0v) is 45.3. The molecule has 40 heteroatoms. The largest absolute Gasteiger partial charge is 0.505 e. The molecule has 0 aliphatic rings. The first-order chi connectivity index (χ1) is 39.4. The second kappa shape index (κ2) is 25.1. The highest BCUT2D eigenvalue weighted by Gasteiger charge is 2.27. The van der Waals surface area contributed by atoms with E-state index in [9.17, 15) is 64.3 Å². The Morgan fingerprint density at radius 2 is 1.04 bits per heavy atom. The third-order valence-electron chi connectivity index (χ3n) is 11.1. The Bertz CT molecular complexity index is 4430. The number of azo groups is 4. The molecule has 0 amide bonds. The SMILES string of the molecule is COc1ccc(N=Nc2c(SOOO)cc3cc(N=Nc4c(SOOO)cc5c(S(=O)(=O)O)cc(N=Nc6ccc7cc(S(=O)(=O)O)c(N=Nc8ccc([N+](=O)[O-])cc8SOOO)c(O)c7c6)c(N)c5c4O)ccc3c2O)c(S(=O)(=O)O)c1. The van der Waals surface area contributed by atoms with Crippen LogP contribution < -0.4 is 10.5 Å². The number of nitro benzene ring substituents is 1. The van der Waals surface area contributed by atoms with Crippen LogP contribution >= 0.6 is 36.1 Å². The van der Waals surface area contributed by atoms with Crippen LogP contribution in [0.1, 0.15) is 0 Å². The maximum Gasteiger partial charge on any atom is 0.296 e. The van der Waals surface area contributed by atoms with Crippen molar-refractivity contribution in [3.05, 3.63) is 107 Å². The van der Waals surface area contributed by atoms with Gasteiger partial charge in [-0.15, -0.1) is 43.7 Å². The predicted molar refractivity (Wildman–Crippen MR) is 285 cm³/mol. The number of anilines is 1. The summed E-state index contributed by atoms with van der Waals surface area (Å²) < 4.78 is 124. The van der Waals surface area contributed by atoms with E-state index in [4.69, 9.17) is 26.2 Å². The summed E-state index contributed by atoms with van der Waals surface area (Å²) in [6, 6.07) is 17.8. The van der Waals surface area contributed by atoms with E-state index in [-0.39, 0.29) is 94.5 Å². The van der Waals surface area contributed by atoms with Gasteiger partial charge in [0.25, 0.3) is 36.0 Å². The second-order valence-electron chi connectivity index (χ2n) is 15.9. The fourth-order valence-electron chi connectivity index (χ4n) is 7.47. The molecule has 83 heavy (non-hydrogen) atoms. The Labute approximate surface area is 474 Å². The maximum atomic E-state index is 13.0. The van der Waals surface area contributed by atoms with Crippen LogP contribution in [-0.4, -0.2) is 82.0 Å². The molecular weight excluding hydrogens is 1230 g/mol. The molecule has 0 fully saturated rings. The molecule has 0 atom stereocenters. The number of phenolic OH excluding ortho intramolecular Hbond substituents is 3. The van der Waals surface area contributed by atoms with Crippen LogP contribution in [0.5, 0.6) is 23.0 Å². The Kier molecular flexibility index (Phi) is 18.4. The van der Waals surface area contributed by atoms with Crippen LogP contribution in [-0.2, 0) is 58.5 Å². The van der Waals surface area contributed by atoms with Gasteiger partial charge in [-0.2, -0.15) is 35.5 Å². The van der Waals surface area contributed by atoms with Gasteiger partial charge in [0.15, 0.2) is 17.2 Å². The third-order valence-corrected chi connectivity index (χ3v) is 15.6. The van der Waals surface area contributed by atoms with E-state index in [0.29, 0.717) is 12.0 Å². The van der Waals surface area contributed by atoms with E-state index in [2.05, 4.69) is 69.0 Å². The molecule has 11 N–H and O–H groups in total. The first-order valence-corrected chi connectivity index (χ1v) is 28.1. The Balaban J connectivity index is 1.19. The average Bonchev–Trinajstić information content (AvgIpc) is 2.99. The topological polar surface area (TPSA) is 517 Å². The van der Waals surface area contributed by atoms with Crippen LogP contribution in [0.25, 0.3) is 32.3 Å². The van der Waals surface area contributed by atoms with E-state index in [1.165, 1.54) is 49.6 Å². The summed E-state index contributed by atoms with van der Waals surface area (Å²) in [4.78, 5) is 7.33. The number of rotatable bonds is 22. The summed E-state index contributed by atoms with van der Waals surface area (Å²) in [5.74, 6) is -2.42. The minimum atomic E-state index is -5.27. The third kappa shape index (κ3) is 13.5. The molecule has 0 aromatic heterocycles. The molecule has 0 aliphatic heterocycles. The van der Waals surface area contributed by atoms with Gasteiger partial charge >= 0.3 is 0 Å². The summed E-state index contributed by atoms with van der Waals surface area (Å²) in [7, 11) is -14.1. The van der Waals surface area contributed by atoms with Crippen molar-refractivity contribution in [3.8, 4) is 23.0 Å². The Hall–Kier alpha value is -8.24. The van der Waals surface area contributed by atoms with Gasteiger partial charge < -0.3 is 25.8 Å². The van der Waals surface area contributed by atoms with Gasteiger partial charge in [-0.25, -0.2) is 15.8 Å². The summed E-state index contributed by atoms with van der Waals surface area (Å²) in [5.41, 5.74) is 2.37. The van der Waals surface area contributed by atoms with Gasteiger partial charge in [0.1, 0.15) is 54.6 Å². The Morgan fingerprint density at radius 3 is 1.67 bits per heavy atom. The van der Waals surface area contributed by atoms with Crippen molar-refractivity contribution in [1.29, 1.82) is 0 Å². The number of aromatic hydroxyl groups is 3. The molecule has 8 rings (SSSR count). The number of fused-ring (bicyclic) bond motifs is 3. The molecule has 0 saturated heterocycles. The van der Waals surface area contributed by atoms with Crippen molar-refractivity contribution < 1.29 is 108 Å². The van der Waals surface area contributed by atoms with Gasteiger partial charge in [0.05, 0.1) is 85.3 Å². The van der Waals surface area contributed by atoms with Crippen LogP contribution in [0.2, 0.25) is 0 Å². The minimum absolute atomic E-state index is 0.0371. The van der Waals surface area contributed by atoms with Crippen molar-refractivity contribution in [3.63, 3.8) is 0 Å². The number of nitrogens with two attached hydrogens (primary N) is 1. The summed E-state index contributed by atoms with van der Waals surface area (Å²) in [6.45, 7) is 0. The summed E-state index contributed by atoms with van der Waals surface area (Å²) in [5, 5.41) is 114. The lowest BCUT2D eigenvalue weighted by molar-refractivity contribution is -0.432. The van der Waals surface area contributed by atoms with Crippen LogP contribution in [0.4, 0.5) is 56.9 Å². The van der Waals surface area contributed by atoms with E-state index in [1.807, 2.05) is 0 Å². The van der Waals surface area contributed by atoms with E-state index in [0.717, 1.165) is 54.6 Å². The lowest BCUT2D eigenvalue weighted by Gasteiger charge is -2.14. The predicted octanol–water partition coefficient (Wildman–Crippen LogP) is 12.4. The number of hydrogen-bond acceptors (Lipinski definition) is 33. The van der Waals surface area contributed by atoms with Gasteiger partial charge in [-0.1, -0.05) is 21.2 Å². The zero-order valence-electron chi connectivity index (χ0n) is 40.4. The monoisotopic (exact) mass is 1260 g/mol. The van der Waals surface area contributed by atoms with E-state index < -0.39 is 106 Å². The molecule has 0 saturated carbocycles. The van der Waals surface area contributed by atoms with Crippen molar-refractivity contribution >= 4 is 156 Å². The molecule has 432 valence electrons. The van der Waals surface area contributed by atoms with Crippen LogP contribution in [0.3, 0.4) is 0 Å². The number of nitrogens with zero attached hydrogens (tertiary/aromatic N) is 9. The van der Waals surface area contributed by atoms with Crippen LogP contribution in [0, 0.1) is 10.1 Å². The highest BCUT2D eigenvalue weighted by Crippen LogP contribution is 2.51. The van der Waals surface area contributed by atoms with Crippen molar-refractivity contribution in [2.75, 3.05) is 12.8 Å². The highest BCUT2D eigenvalue weighted by molar-refractivity contribution is 7.95. The first-order valence-electron chi connectivity index (χ1n) is 21.6. The molecule has 8 aromatic carbocycles. The summed E-state index contributed by atoms with van der Waals surface area (Å²) >= 11 is 0.696. The molecule has 0 radical (unpaired) electrons. The maximum absolute atomic E-state index is 13.0. The molecule has 34 nitrogen and oxygen atoms in total. The minimum Gasteiger partial charge on any atom is -0.505 e. The number of ether oxygens (including phenoxy) is 1. The fourth-order valence-corrected chi connectivity index (χ4v) is 10.9. The van der Waals surface area contributed by atoms with Crippen molar-refractivity contribution in [2.45, 2.75) is 29.4 Å². The first kappa shape index (κ1) is 60.8. The number of hydrogen-bond donors (Lipinski definition) is 10. The molecule has 0 aliphatic carbocycles. The number of nitrogen functional groups attached to an aromatic ring is 1. The number of methoxy groups -OCH3 is 1. The lowest BCUT2D eigenvalue weighted by Crippen LogP contribution is -2.02. The molecule has 0 spiro atoms. The normalized spacial score (nSPS) is 12.6. The molecule has 0 unspecified atom stereocenters. The molecular formula is C43H30N10O24S6. The average molecular weight is 1260 g/mol. The lowest BCUT2D eigenvalue weighted by atomic mass is 10.0. The number of phenols is 3. The van der Waals surface area contributed by atoms with Crippen molar-refractivity contribution in [2.24, 2.45) is 40.9 Å². The molecule has 0 bridgehead atoms. The quantitative estimate of drug-likeness (QED) is 0.00573. The van der Waals surface area contributed by atoms with Crippen LogP contribution in [0.15, 0.2) is 167 Å². The number of nitro groups is 1. The van der Waals surface area contributed by atoms with Gasteiger partial charge in [-0.3, -0.25) is 23.8 Å². The van der Waals surface area contributed by atoms with E-state index in [1.54, 1.807) is 0 Å². The number of benzene rings is 8. The standard InChI is InChI=1S/C43H30N10O24S6/c1-71-23-6-9-28(34(15-23)82(65,66)67)48-51-38-31(79-76-73-60)11-19-10-20(4-7-24(19)41(38)54)46-50-39-32(80-77-74-61)16-26-33(81(62,63)64)17-29(37(44)36(26)43(39)56)49-45-21-3-2-18-12-35(83(68,69)70)40(42(55)25(18)13-21)52-47-27-8-5-22(53(57)58)14-30(27)78-75-72-59/h2-17,54-56,59-61H,44H2,1H3,(H,62,63,64)(H,65,66,67)(H,68,69,70). The number of non-ortho nitro benzene ring substituents is 1. The van der Waals surface area contributed by atoms with Gasteiger partial charge in [0, 0.05) is 34.4 Å². The summed E-state index contributed by atoms with van der Waals surface area (Å²) in [6.07, 6.45) is 0. The fraction of sp³-hybridized carbons (Fsp3) is 0.0233. The van der Waals surface area contributed by atoms with Crippen molar-refractivity contribution in [1.82, 2.24) is 0 Å². The highest BCUT2D eigenvalue weighted by atomic mass is 32.2. The second-order valence-corrected chi connectivity index (χ2v) is 22.3. The Morgan fingerprint density at radius 1 is 0.494 bits per heavy atom. The molecule has 8 aromatic rings.